The Bertz CT molecular complexity index is 672. The summed E-state index contributed by atoms with van der Waals surface area (Å²) in [5.41, 5.74) is 1.13. The molecule has 0 spiro atoms. The molecule has 114 valence electrons. The summed E-state index contributed by atoms with van der Waals surface area (Å²) >= 11 is 6.20. The maximum Gasteiger partial charge on any atom is 0.459 e. The van der Waals surface area contributed by atoms with Crippen molar-refractivity contribution in [3.8, 4) is 0 Å². The van der Waals surface area contributed by atoms with Crippen LogP contribution in [-0.2, 0) is 11.2 Å². The monoisotopic (exact) mass is 316 g/mol. The van der Waals surface area contributed by atoms with Gasteiger partial charge in [0, 0.05) is 23.4 Å². The van der Waals surface area contributed by atoms with Gasteiger partial charge >= 0.3 is 5.84 Å². The molecule has 1 saturated carbocycles. The van der Waals surface area contributed by atoms with E-state index in [9.17, 15) is 4.79 Å². The SMILES string of the molecule is C=[N+]=C(/N=C1/CCC(Cc2ccccc2Cl)N1)C(=O)C1CC1. The zero-order valence-electron chi connectivity index (χ0n) is 12.4. The van der Waals surface area contributed by atoms with Crippen LogP contribution in [0.1, 0.15) is 31.2 Å². The highest BCUT2D eigenvalue weighted by Crippen LogP contribution is 2.30. The number of carbonyl (C=O) groups is 1. The van der Waals surface area contributed by atoms with E-state index in [1.165, 1.54) is 0 Å². The average Bonchev–Trinajstić information content (AvgIpc) is 3.28. The first-order valence-corrected chi connectivity index (χ1v) is 8.00. The Morgan fingerprint density at radius 1 is 1.36 bits per heavy atom. The number of Topliss-reactive ketones (excluding diaryl/α,β-unsaturated/α-hetero) is 1. The van der Waals surface area contributed by atoms with Gasteiger partial charge in [-0.1, -0.05) is 29.8 Å². The van der Waals surface area contributed by atoms with Crippen molar-refractivity contribution in [2.45, 2.75) is 38.1 Å². The molecule has 1 N–H and O–H groups in total. The van der Waals surface area contributed by atoms with E-state index in [4.69, 9.17) is 11.6 Å². The quantitative estimate of drug-likeness (QED) is 0.526. The van der Waals surface area contributed by atoms with Crippen LogP contribution in [0.4, 0.5) is 0 Å². The molecule has 1 saturated heterocycles. The van der Waals surface area contributed by atoms with Gasteiger partial charge in [-0.25, -0.2) is 4.67 Å². The van der Waals surface area contributed by atoms with Crippen molar-refractivity contribution in [3.05, 3.63) is 34.9 Å². The minimum absolute atomic E-state index is 0.0267. The first kappa shape index (κ1) is 15.0. The van der Waals surface area contributed by atoms with Crippen LogP contribution in [0.5, 0.6) is 0 Å². The molecule has 5 heteroatoms. The number of aliphatic imine (C=N–C) groups is 1. The van der Waals surface area contributed by atoms with Crippen LogP contribution >= 0.6 is 11.6 Å². The second-order valence-electron chi connectivity index (χ2n) is 5.85. The van der Waals surface area contributed by atoms with Gasteiger partial charge in [0.25, 0.3) is 5.78 Å². The topological polar surface area (TPSA) is 55.6 Å². The molecule has 0 amide bonds. The van der Waals surface area contributed by atoms with E-state index < -0.39 is 0 Å². The summed E-state index contributed by atoms with van der Waals surface area (Å²) in [6.45, 7) is 3.47. The normalized spacial score (nSPS) is 22.2. The lowest BCUT2D eigenvalue weighted by molar-refractivity contribution is -0.114. The minimum Gasteiger partial charge on any atom is -0.350 e. The summed E-state index contributed by atoms with van der Waals surface area (Å²) in [6.07, 6.45) is 4.56. The maximum absolute atomic E-state index is 12.0. The Labute approximate surface area is 135 Å². The molecule has 1 aliphatic carbocycles. The molecule has 2 fully saturated rings. The first-order valence-electron chi connectivity index (χ1n) is 7.62. The molecule has 3 rings (SSSR count). The summed E-state index contributed by atoms with van der Waals surface area (Å²) in [6, 6.07) is 8.16. The summed E-state index contributed by atoms with van der Waals surface area (Å²) in [5, 5.41) is 4.17. The zero-order valence-corrected chi connectivity index (χ0v) is 13.1. The number of hydrogen-bond acceptors (Lipinski definition) is 1. The van der Waals surface area contributed by atoms with Gasteiger partial charge in [0.2, 0.25) is 5.84 Å². The van der Waals surface area contributed by atoms with E-state index in [1.54, 1.807) is 0 Å². The molecule has 1 aliphatic heterocycles. The Morgan fingerprint density at radius 2 is 2.14 bits per heavy atom. The Balaban J connectivity index is 1.64. The highest BCUT2D eigenvalue weighted by Gasteiger charge is 2.39. The fourth-order valence-electron chi connectivity index (χ4n) is 2.69. The number of nitrogens with zero attached hydrogens (tertiary/aromatic N) is 2. The van der Waals surface area contributed by atoms with Crippen LogP contribution < -0.4 is 9.98 Å². The zero-order chi connectivity index (χ0) is 15.5. The number of halogens is 1. The summed E-state index contributed by atoms with van der Waals surface area (Å²) in [4.78, 5) is 16.4. The van der Waals surface area contributed by atoms with Gasteiger partial charge in [-0.15, -0.1) is 0 Å². The van der Waals surface area contributed by atoms with Crippen LogP contribution in [0.3, 0.4) is 0 Å². The second-order valence-corrected chi connectivity index (χ2v) is 6.26. The number of benzene rings is 1. The molecular weight excluding hydrogens is 298 g/mol. The Morgan fingerprint density at radius 3 is 2.82 bits per heavy atom. The van der Waals surface area contributed by atoms with Crippen molar-refractivity contribution >= 4 is 35.8 Å². The van der Waals surface area contributed by atoms with Crippen molar-refractivity contribution in [3.63, 3.8) is 0 Å². The smallest absolute Gasteiger partial charge is 0.350 e. The van der Waals surface area contributed by atoms with Crippen LogP contribution in [0.25, 0.3) is 0 Å². The van der Waals surface area contributed by atoms with Crippen LogP contribution in [0.15, 0.2) is 29.3 Å². The van der Waals surface area contributed by atoms with E-state index in [2.05, 4.69) is 21.7 Å². The molecule has 0 aromatic heterocycles. The van der Waals surface area contributed by atoms with E-state index in [1.807, 2.05) is 24.3 Å². The molecule has 22 heavy (non-hydrogen) atoms. The third-order valence-electron chi connectivity index (χ3n) is 4.08. The third-order valence-corrected chi connectivity index (χ3v) is 4.45. The van der Waals surface area contributed by atoms with Gasteiger partial charge in [-0.2, -0.15) is 0 Å². The number of hydrogen-bond donors (Lipinski definition) is 1. The summed E-state index contributed by atoms with van der Waals surface area (Å²) in [5.74, 6) is 1.22. The molecule has 2 aliphatic rings. The van der Waals surface area contributed by atoms with Crippen LogP contribution in [-0.4, -0.2) is 30.2 Å². The van der Waals surface area contributed by atoms with Crippen molar-refractivity contribution < 1.29 is 4.79 Å². The number of amidine groups is 2. The second kappa shape index (κ2) is 6.47. The lowest BCUT2D eigenvalue weighted by Gasteiger charge is -2.10. The van der Waals surface area contributed by atoms with Crippen LogP contribution in [0, 0.1) is 5.92 Å². The van der Waals surface area contributed by atoms with Crippen molar-refractivity contribution in [2.24, 2.45) is 10.9 Å². The van der Waals surface area contributed by atoms with Gasteiger partial charge in [0.05, 0.1) is 0 Å². The molecule has 1 unspecified atom stereocenters. The van der Waals surface area contributed by atoms with Gasteiger partial charge < -0.3 is 5.32 Å². The molecule has 0 radical (unpaired) electrons. The van der Waals surface area contributed by atoms with E-state index >= 15 is 0 Å². The maximum atomic E-state index is 12.0. The van der Waals surface area contributed by atoms with E-state index in [0.717, 1.165) is 48.5 Å². The van der Waals surface area contributed by atoms with E-state index in [-0.39, 0.29) is 17.5 Å². The summed E-state index contributed by atoms with van der Waals surface area (Å²) in [7, 11) is 0. The molecule has 1 atom stereocenters. The van der Waals surface area contributed by atoms with Gasteiger partial charge in [0.1, 0.15) is 0 Å². The predicted octanol–water partition coefficient (Wildman–Crippen LogP) is 2.18. The average molecular weight is 317 g/mol. The lowest BCUT2D eigenvalue weighted by Crippen LogP contribution is -2.29. The first-order chi connectivity index (χ1) is 10.7. The number of carbonyl (C=O) groups excluding carboxylic acids is 1. The molecule has 1 aromatic carbocycles. The van der Waals surface area contributed by atoms with Crippen molar-refractivity contribution in [1.29, 1.82) is 0 Å². The number of ketones is 1. The Hall–Kier alpha value is -1.90. The molecule has 1 heterocycles. The lowest BCUT2D eigenvalue weighted by atomic mass is 10.0. The third kappa shape index (κ3) is 3.46. The highest BCUT2D eigenvalue weighted by atomic mass is 35.5. The van der Waals surface area contributed by atoms with E-state index in [0.29, 0.717) is 6.04 Å². The Kier molecular flexibility index (Phi) is 4.41. The number of rotatable bonds is 4. The molecular formula is C17H19ClN3O+. The van der Waals surface area contributed by atoms with Gasteiger partial charge in [0.15, 0.2) is 6.72 Å². The van der Waals surface area contributed by atoms with Crippen LogP contribution in [0.2, 0.25) is 5.02 Å². The highest BCUT2D eigenvalue weighted by molar-refractivity contribution is 6.41. The fourth-order valence-corrected chi connectivity index (χ4v) is 2.90. The number of nitrogens with one attached hydrogen (secondary N) is 1. The largest absolute Gasteiger partial charge is 0.459 e. The minimum atomic E-state index is 0.0267. The molecule has 1 aromatic rings. The fraction of sp³-hybridized carbons (Fsp3) is 0.412. The molecule has 4 nitrogen and oxygen atoms in total. The standard InChI is InChI=1S/C17H18ClN3O/c1-19-17(16(22)11-6-7-11)21-15-9-8-13(20-15)10-12-4-2-3-5-14(12)18/h2-5,11,13H,1,6-10H2/p+1. The van der Waals surface area contributed by atoms with Gasteiger partial charge in [-0.05, 0) is 42.3 Å². The molecule has 0 bridgehead atoms. The predicted molar refractivity (Wildman–Crippen MR) is 90.7 cm³/mol. The summed E-state index contributed by atoms with van der Waals surface area (Å²) < 4.78 is 3.80. The van der Waals surface area contributed by atoms with Crippen molar-refractivity contribution in [1.82, 2.24) is 9.98 Å². The van der Waals surface area contributed by atoms with Crippen molar-refractivity contribution in [2.75, 3.05) is 0 Å². The van der Waals surface area contributed by atoms with Gasteiger partial charge in [-0.3, -0.25) is 4.79 Å².